The third-order valence-corrected chi connectivity index (χ3v) is 7.70. The Hall–Kier alpha value is -3.26. The number of hydrogen-bond donors (Lipinski definition) is 3. The quantitative estimate of drug-likeness (QED) is 0.570. The van der Waals surface area contributed by atoms with Gasteiger partial charge in [-0.1, -0.05) is 5.57 Å². The molecule has 6 rings (SSSR count). The van der Waals surface area contributed by atoms with E-state index >= 15 is 0 Å². The van der Waals surface area contributed by atoms with Crippen LogP contribution in [0.2, 0.25) is 0 Å². The molecule has 8 nitrogen and oxygen atoms in total. The molecule has 1 saturated heterocycles. The third kappa shape index (κ3) is 4.80. The number of guanidine groups is 1. The van der Waals surface area contributed by atoms with Crippen LogP contribution in [0.25, 0.3) is 0 Å². The third-order valence-electron chi connectivity index (χ3n) is 7.70. The molecule has 182 valence electrons. The number of nitroso groups, excluding NO2 is 1. The molecule has 35 heavy (non-hydrogen) atoms. The van der Waals surface area contributed by atoms with Gasteiger partial charge in [0.05, 0.1) is 22.7 Å². The monoisotopic (exact) mass is 472 g/mol. The first kappa shape index (κ1) is 22.2. The lowest BCUT2D eigenvalue weighted by Crippen LogP contribution is -2.37. The second-order valence-corrected chi connectivity index (χ2v) is 10.4. The lowest BCUT2D eigenvalue weighted by molar-refractivity contribution is -0.493. The first-order valence-electron chi connectivity index (χ1n) is 12.9. The summed E-state index contributed by atoms with van der Waals surface area (Å²) in [7, 11) is 2.17. The Kier molecular flexibility index (Phi) is 5.76. The molecule has 5 aliphatic rings. The van der Waals surface area contributed by atoms with E-state index in [-0.39, 0.29) is 0 Å². The van der Waals surface area contributed by atoms with Gasteiger partial charge in [-0.2, -0.15) is 0 Å². The first-order chi connectivity index (χ1) is 17.0. The van der Waals surface area contributed by atoms with E-state index in [1.54, 1.807) is 6.20 Å². The minimum Gasteiger partial charge on any atom is -0.367 e. The molecular weight excluding hydrogens is 438 g/mol. The summed E-state index contributed by atoms with van der Waals surface area (Å²) in [5.41, 5.74) is 7.11. The minimum atomic E-state index is 0.318. The van der Waals surface area contributed by atoms with E-state index in [0.717, 1.165) is 89.2 Å². The summed E-state index contributed by atoms with van der Waals surface area (Å²) in [6.07, 6.45) is 12.9. The summed E-state index contributed by atoms with van der Waals surface area (Å²) in [4.78, 5) is 24.6. The number of anilines is 2. The average Bonchev–Trinajstić information content (AvgIpc) is 3.70. The Morgan fingerprint density at radius 1 is 1.11 bits per heavy atom. The fourth-order valence-electron chi connectivity index (χ4n) is 5.37. The molecule has 0 aromatic carbocycles. The van der Waals surface area contributed by atoms with Crippen molar-refractivity contribution in [3.05, 3.63) is 69.2 Å². The number of pyridine rings is 1. The zero-order valence-electron chi connectivity index (χ0n) is 20.6. The molecule has 2 fully saturated rings. The molecular formula is C27H34N7O+. The van der Waals surface area contributed by atoms with E-state index in [1.807, 2.05) is 13.0 Å². The van der Waals surface area contributed by atoms with Crippen LogP contribution >= 0.6 is 0 Å². The standard InChI is InChI=1S/C27H34N7O/c1-17-23(6-8-26(29-17)30-22-9-11-33(2)12-10-22)31-27-28-15-21-16-34(35)25-7-5-19(18-3-4-18)13-20(25)14-24(21)32-27/h6,8,13-15,18,22H,3-5,7,9-12,16H2,1-2H3,(H,29,30)(H2,28,31,32)/q+1. The molecule has 1 aromatic heterocycles. The summed E-state index contributed by atoms with van der Waals surface area (Å²) in [5, 5.41) is 10.4. The van der Waals surface area contributed by atoms with Gasteiger partial charge in [0.1, 0.15) is 5.82 Å². The topological polar surface area (TPSA) is 84.7 Å². The largest absolute Gasteiger partial charge is 0.367 e. The van der Waals surface area contributed by atoms with Crippen LogP contribution in [0.5, 0.6) is 0 Å². The predicted octanol–water partition coefficient (Wildman–Crippen LogP) is 4.21. The highest BCUT2D eigenvalue weighted by Crippen LogP contribution is 2.43. The maximum atomic E-state index is 12.9. The highest BCUT2D eigenvalue weighted by molar-refractivity contribution is 5.97. The molecule has 1 saturated carbocycles. The number of rotatable bonds is 4. The molecule has 4 heterocycles. The van der Waals surface area contributed by atoms with Gasteiger partial charge in [-0.3, -0.25) is 0 Å². The van der Waals surface area contributed by atoms with E-state index in [9.17, 15) is 4.91 Å². The van der Waals surface area contributed by atoms with Gasteiger partial charge in [0.15, 0.2) is 0 Å². The van der Waals surface area contributed by atoms with Gasteiger partial charge >= 0.3 is 0 Å². The molecule has 0 amide bonds. The van der Waals surface area contributed by atoms with Crippen LogP contribution in [0.4, 0.5) is 11.5 Å². The number of aryl methyl sites for hydroxylation is 1. The predicted molar refractivity (Wildman–Crippen MR) is 139 cm³/mol. The van der Waals surface area contributed by atoms with Gasteiger partial charge < -0.3 is 20.9 Å². The van der Waals surface area contributed by atoms with Crippen molar-refractivity contribution < 1.29 is 4.76 Å². The Morgan fingerprint density at radius 2 is 1.94 bits per heavy atom. The van der Waals surface area contributed by atoms with Crippen molar-refractivity contribution >= 4 is 17.5 Å². The first-order valence-corrected chi connectivity index (χ1v) is 12.9. The average molecular weight is 473 g/mol. The number of piperidine rings is 1. The Labute approximate surface area is 206 Å². The number of nitrogens with zero attached hydrogens (tertiary/aromatic N) is 4. The summed E-state index contributed by atoms with van der Waals surface area (Å²) in [6, 6.07) is 4.55. The summed E-state index contributed by atoms with van der Waals surface area (Å²) in [5.74, 6) is 2.29. The number of aromatic nitrogens is 1. The molecule has 0 unspecified atom stereocenters. The van der Waals surface area contributed by atoms with Gasteiger partial charge in [0, 0.05) is 33.9 Å². The van der Waals surface area contributed by atoms with Gasteiger partial charge in [0.2, 0.25) is 18.2 Å². The normalized spacial score (nSPS) is 23.2. The van der Waals surface area contributed by atoms with E-state index in [4.69, 9.17) is 4.98 Å². The zero-order chi connectivity index (χ0) is 23.9. The van der Waals surface area contributed by atoms with Crippen LogP contribution < -0.4 is 16.0 Å². The van der Waals surface area contributed by atoms with Crippen molar-refractivity contribution in [1.82, 2.24) is 15.2 Å². The minimum absolute atomic E-state index is 0.318. The van der Waals surface area contributed by atoms with Crippen LogP contribution in [0, 0.1) is 17.7 Å². The van der Waals surface area contributed by atoms with Crippen molar-refractivity contribution in [1.29, 1.82) is 0 Å². The Balaban J connectivity index is 1.17. The van der Waals surface area contributed by atoms with E-state index in [2.05, 4.69) is 51.1 Å². The molecule has 0 bridgehead atoms. The molecule has 3 aliphatic heterocycles. The molecule has 0 radical (unpaired) electrons. The van der Waals surface area contributed by atoms with Crippen molar-refractivity contribution in [2.75, 3.05) is 37.3 Å². The fourth-order valence-corrected chi connectivity index (χ4v) is 5.37. The Morgan fingerprint density at radius 3 is 2.71 bits per heavy atom. The number of hydrogen-bond acceptors (Lipinski definition) is 7. The molecule has 0 spiro atoms. The van der Waals surface area contributed by atoms with Crippen molar-refractivity contribution in [3.8, 4) is 0 Å². The van der Waals surface area contributed by atoms with Crippen LogP contribution in [0.3, 0.4) is 0 Å². The number of allylic oxidation sites excluding steroid dienone is 5. The summed E-state index contributed by atoms with van der Waals surface area (Å²) >= 11 is 0. The molecule has 1 aromatic rings. The number of nitrogens with one attached hydrogen (secondary N) is 3. The molecule has 8 heteroatoms. The molecule has 0 atom stereocenters. The van der Waals surface area contributed by atoms with Gasteiger partial charge in [-0.15, -0.1) is 0 Å². The van der Waals surface area contributed by atoms with Crippen LogP contribution in [-0.4, -0.2) is 53.3 Å². The second-order valence-electron chi connectivity index (χ2n) is 10.4. The molecule has 2 aliphatic carbocycles. The number of likely N-dealkylation sites (tertiary alicyclic amines) is 1. The van der Waals surface area contributed by atoms with Crippen molar-refractivity contribution in [2.24, 2.45) is 10.9 Å². The highest BCUT2D eigenvalue weighted by atomic mass is 16.3. The van der Waals surface area contributed by atoms with Gasteiger partial charge in [0.25, 0.3) is 0 Å². The zero-order valence-corrected chi connectivity index (χ0v) is 20.6. The van der Waals surface area contributed by atoms with E-state index in [1.165, 1.54) is 18.4 Å². The SMILES string of the molecule is Cc1nc(NC2CCN(C)CC2)ccc1NC1=NC=C2C[N+](=O)C3=C(C=C2N1)C=C(C1CC1)CC3. The summed E-state index contributed by atoms with van der Waals surface area (Å²) in [6.45, 7) is 4.57. The van der Waals surface area contributed by atoms with Crippen LogP contribution in [-0.2, 0) is 0 Å². The van der Waals surface area contributed by atoms with E-state index in [0.29, 0.717) is 18.5 Å². The maximum absolute atomic E-state index is 12.9. The maximum Gasteiger partial charge on any atom is 0.240 e. The lowest BCUT2D eigenvalue weighted by atomic mass is 9.93. The molecule has 3 N–H and O–H groups in total. The van der Waals surface area contributed by atoms with Gasteiger partial charge in [-0.05, 0) is 89.4 Å². The van der Waals surface area contributed by atoms with Crippen LogP contribution in [0.1, 0.15) is 44.2 Å². The highest BCUT2D eigenvalue weighted by Gasteiger charge is 2.35. The van der Waals surface area contributed by atoms with Crippen molar-refractivity contribution in [3.63, 3.8) is 0 Å². The number of aliphatic imine (C=N–C) groups is 1. The number of fused-ring (bicyclic) bond motifs is 1. The fraction of sp³-hybridized carbons (Fsp3) is 0.481. The second kappa shape index (κ2) is 9.07. The van der Waals surface area contributed by atoms with E-state index < -0.39 is 0 Å². The summed E-state index contributed by atoms with van der Waals surface area (Å²) < 4.78 is 1.14. The van der Waals surface area contributed by atoms with Crippen molar-refractivity contribution in [2.45, 2.75) is 51.5 Å². The van der Waals surface area contributed by atoms with Crippen LogP contribution in [0.15, 0.2) is 63.6 Å². The smallest absolute Gasteiger partial charge is 0.240 e. The van der Waals surface area contributed by atoms with Gasteiger partial charge in [-0.25, -0.2) is 9.98 Å². The Bertz CT molecular complexity index is 1210. The lowest BCUT2D eigenvalue weighted by Gasteiger charge is -2.30.